The van der Waals surface area contributed by atoms with Crippen LogP contribution >= 0.6 is 0 Å². The van der Waals surface area contributed by atoms with Gasteiger partial charge in [-0.2, -0.15) is 0 Å². The average molecular weight is 127 g/mol. The molecule has 0 aromatic carbocycles. The second kappa shape index (κ2) is 3.35. The third-order valence-electron chi connectivity index (χ3n) is 0.944. The first-order valence-corrected chi connectivity index (χ1v) is 2.87. The quantitative estimate of drug-likeness (QED) is 0.531. The monoisotopic (exact) mass is 127 g/mol. The van der Waals surface area contributed by atoms with E-state index in [0.717, 1.165) is 0 Å². The summed E-state index contributed by atoms with van der Waals surface area (Å²) < 4.78 is 0. The molecule has 0 amide bonds. The lowest BCUT2D eigenvalue weighted by atomic mass is 10.1. The molecule has 0 aromatic rings. The van der Waals surface area contributed by atoms with E-state index >= 15 is 0 Å². The van der Waals surface area contributed by atoms with Crippen molar-refractivity contribution in [3.63, 3.8) is 0 Å². The molecular weight excluding hydrogens is 114 g/mol. The number of nitrogens with two attached hydrogens (primary N) is 1. The normalized spacial score (nSPS) is 17.7. The highest BCUT2D eigenvalue weighted by molar-refractivity contribution is 5.67. The molecule has 3 nitrogen and oxygen atoms in total. The minimum absolute atomic E-state index is 0.493. The van der Waals surface area contributed by atoms with Crippen molar-refractivity contribution in [3.05, 3.63) is 0 Å². The Morgan fingerprint density at radius 2 is 2.33 bits per heavy atom. The van der Waals surface area contributed by atoms with Crippen LogP contribution < -0.4 is 5.73 Å². The van der Waals surface area contributed by atoms with Crippen LogP contribution in [-0.4, -0.2) is 24.5 Å². The van der Waals surface area contributed by atoms with Gasteiger partial charge in [0.15, 0.2) is 0 Å². The zero-order valence-corrected chi connectivity index (χ0v) is 5.89. The first-order chi connectivity index (χ1) is 4.12. The number of hydrogen-bond donors (Lipinski definition) is 2. The third-order valence-corrected chi connectivity index (χ3v) is 0.944. The van der Waals surface area contributed by atoms with Crippen LogP contribution in [0.4, 0.5) is 0 Å². The molecule has 0 fully saturated rings. The van der Waals surface area contributed by atoms with E-state index in [1.54, 1.807) is 13.1 Å². The van der Waals surface area contributed by atoms with E-state index in [0.29, 0.717) is 6.54 Å². The highest BCUT2D eigenvalue weighted by Crippen LogP contribution is 1.92. The lowest BCUT2D eigenvalue weighted by Crippen LogP contribution is -2.40. The fourth-order valence-electron chi connectivity index (χ4n) is 0.334. The topological polar surface area (TPSA) is 62.2 Å². The van der Waals surface area contributed by atoms with Crippen LogP contribution in [0.5, 0.6) is 0 Å². The fourth-order valence-corrected chi connectivity index (χ4v) is 0.334. The molecular formula is C6H13N3. The molecule has 0 spiro atoms. The Morgan fingerprint density at radius 1 is 1.78 bits per heavy atom. The van der Waals surface area contributed by atoms with E-state index in [9.17, 15) is 0 Å². The predicted octanol–water partition coefficient (Wildman–Crippen LogP) is 0.444. The Hall–Kier alpha value is -0.700. The number of nitrogens with zero attached hydrogens (tertiary/aromatic N) is 1. The van der Waals surface area contributed by atoms with Gasteiger partial charge in [0.2, 0.25) is 0 Å². The van der Waals surface area contributed by atoms with Crippen LogP contribution in [0.1, 0.15) is 13.8 Å². The Labute approximate surface area is 55.5 Å². The lowest BCUT2D eigenvalue weighted by Gasteiger charge is -2.14. The first kappa shape index (κ1) is 8.30. The van der Waals surface area contributed by atoms with E-state index in [4.69, 9.17) is 11.1 Å². The van der Waals surface area contributed by atoms with Crippen LogP contribution in [0.25, 0.3) is 0 Å². The van der Waals surface area contributed by atoms with Crippen molar-refractivity contribution in [1.29, 1.82) is 5.41 Å². The maximum atomic E-state index is 6.86. The molecule has 3 heteroatoms. The van der Waals surface area contributed by atoms with Crippen LogP contribution in [-0.2, 0) is 0 Å². The average Bonchev–Trinajstić information content (AvgIpc) is 1.84. The number of hydrogen-bond acceptors (Lipinski definition) is 3. The molecule has 1 atom stereocenters. The van der Waals surface area contributed by atoms with Crippen molar-refractivity contribution in [2.45, 2.75) is 19.4 Å². The van der Waals surface area contributed by atoms with Gasteiger partial charge < -0.3 is 11.1 Å². The molecule has 0 saturated heterocycles. The van der Waals surface area contributed by atoms with Gasteiger partial charge in [-0.15, -0.1) is 0 Å². The fraction of sp³-hybridized carbons (Fsp3) is 0.667. The standard InChI is InChI=1S/C6H13N3/c1-3-9-5-6(2,8)4-7/h3-4,7H,5,8H2,1-2H3. The largest absolute Gasteiger partial charge is 0.319 e. The minimum Gasteiger partial charge on any atom is -0.319 e. The van der Waals surface area contributed by atoms with Gasteiger partial charge in [0.05, 0.1) is 12.1 Å². The molecule has 0 aliphatic carbocycles. The van der Waals surface area contributed by atoms with Crippen LogP contribution in [0.2, 0.25) is 0 Å². The van der Waals surface area contributed by atoms with Crippen molar-refractivity contribution in [2.75, 3.05) is 6.54 Å². The van der Waals surface area contributed by atoms with E-state index in [-0.39, 0.29) is 0 Å². The molecule has 0 radical (unpaired) electrons. The molecule has 0 rings (SSSR count). The van der Waals surface area contributed by atoms with Crippen molar-refractivity contribution < 1.29 is 0 Å². The van der Waals surface area contributed by atoms with Gasteiger partial charge in [0.1, 0.15) is 0 Å². The SMILES string of the molecule is CC=NCC(C)(N)C=N. The van der Waals surface area contributed by atoms with Crippen molar-refractivity contribution in [1.82, 2.24) is 0 Å². The van der Waals surface area contributed by atoms with E-state index in [1.165, 1.54) is 6.21 Å². The van der Waals surface area contributed by atoms with Gasteiger partial charge in [-0.3, -0.25) is 4.99 Å². The molecule has 0 heterocycles. The summed E-state index contributed by atoms with van der Waals surface area (Å²) in [6.07, 6.45) is 2.90. The second-order valence-corrected chi connectivity index (χ2v) is 2.25. The number of nitrogens with one attached hydrogen (secondary N) is 1. The molecule has 0 saturated carbocycles. The van der Waals surface area contributed by atoms with Crippen molar-refractivity contribution in [2.24, 2.45) is 10.7 Å². The molecule has 0 bridgehead atoms. The van der Waals surface area contributed by atoms with E-state index in [2.05, 4.69) is 4.99 Å². The Morgan fingerprint density at radius 3 is 2.67 bits per heavy atom. The second-order valence-electron chi connectivity index (χ2n) is 2.25. The smallest absolute Gasteiger partial charge is 0.0675 e. The van der Waals surface area contributed by atoms with Crippen molar-refractivity contribution in [3.8, 4) is 0 Å². The number of aliphatic imine (C=N–C) groups is 1. The molecule has 0 aliphatic heterocycles. The summed E-state index contributed by atoms with van der Waals surface area (Å²) in [6.45, 7) is 4.10. The summed E-state index contributed by atoms with van der Waals surface area (Å²) in [5.74, 6) is 0. The lowest BCUT2D eigenvalue weighted by molar-refractivity contribution is 0.650. The maximum absolute atomic E-state index is 6.86. The molecule has 3 N–H and O–H groups in total. The summed E-state index contributed by atoms with van der Waals surface area (Å²) in [5, 5.41) is 6.86. The summed E-state index contributed by atoms with van der Waals surface area (Å²) in [7, 11) is 0. The highest BCUT2D eigenvalue weighted by atomic mass is 14.8. The summed E-state index contributed by atoms with van der Waals surface area (Å²) in [4.78, 5) is 3.91. The van der Waals surface area contributed by atoms with Gasteiger partial charge in [-0.25, -0.2) is 0 Å². The molecule has 0 aliphatic rings. The van der Waals surface area contributed by atoms with Gasteiger partial charge in [0.25, 0.3) is 0 Å². The Kier molecular flexibility index (Phi) is 3.09. The number of rotatable bonds is 3. The van der Waals surface area contributed by atoms with Crippen LogP contribution in [0.15, 0.2) is 4.99 Å². The molecule has 52 valence electrons. The van der Waals surface area contributed by atoms with Gasteiger partial charge in [-0.1, -0.05) is 0 Å². The summed E-state index contributed by atoms with van der Waals surface area (Å²) >= 11 is 0. The van der Waals surface area contributed by atoms with Crippen LogP contribution in [0.3, 0.4) is 0 Å². The van der Waals surface area contributed by atoms with Gasteiger partial charge >= 0.3 is 0 Å². The van der Waals surface area contributed by atoms with Gasteiger partial charge in [-0.05, 0) is 20.1 Å². The van der Waals surface area contributed by atoms with E-state index in [1.807, 2.05) is 6.92 Å². The zero-order chi connectivity index (χ0) is 7.33. The van der Waals surface area contributed by atoms with Crippen LogP contribution in [0, 0.1) is 5.41 Å². The summed E-state index contributed by atoms with van der Waals surface area (Å²) in [5.41, 5.74) is 4.98. The maximum Gasteiger partial charge on any atom is 0.0675 e. The first-order valence-electron chi connectivity index (χ1n) is 2.87. The van der Waals surface area contributed by atoms with Crippen molar-refractivity contribution >= 4 is 12.4 Å². The summed E-state index contributed by atoms with van der Waals surface area (Å²) in [6, 6.07) is 0. The molecule has 1 unspecified atom stereocenters. The Bertz CT molecular complexity index is 115. The van der Waals surface area contributed by atoms with E-state index < -0.39 is 5.54 Å². The Balaban J connectivity index is 3.71. The van der Waals surface area contributed by atoms with Gasteiger partial charge in [0, 0.05) is 6.21 Å². The predicted molar refractivity (Wildman–Crippen MR) is 40.4 cm³/mol. The highest BCUT2D eigenvalue weighted by Gasteiger charge is 2.11. The molecule has 9 heavy (non-hydrogen) atoms. The third kappa shape index (κ3) is 3.85. The zero-order valence-electron chi connectivity index (χ0n) is 5.89. The minimum atomic E-state index is -0.563. The molecule has 0 aromatic heterocycles.